The third-order valence-corrected chi connectivity index (χ3v) is 1.13. The molecule has 1 heterocycles. The Labute approximate surface area is 52.7 Å². The summed E-state index contributed by atoms with van der Waals surface area (Å²) in [4.78, 5) is 10.2. The van der Waals surface area contributed by atoms with Crippen LogP contribution in [0.25, 0.3) is 0 Å². The fourth-order valence-corrected chi connectivity index (χ4v) is 0.678. The molecule has 1 rings (SSSR count). The van der Waals surface area contributed by atoms with Gasteiger partial charge in [0.25, 0.3) is 0 Å². The molecule has 1 amide bonds. The summed E-state index contributed by atoms with van der Waals surface area (Å²) in [5.41, 5.74) is 3.54. The Morgan fingerprint density at radius 2 is 2.56 bits per heavy atom. The number of nitrogens with one attached hydrogen (secondary N) is 1. The number of hydrogen-bond acceptors (Lipinski definition) is 2. The second kappa shape index (κ2) is 2.06. The van der Waals surface area contributed by atoms with E-state index in [0.29, 0.717) is 13.1 Å². The first kappa shape index (κ1) is 6.10. The Balaban J connectivity index is 2.48. The SMILES string of the molecule is C=C1CNN(C(=O)O)C1. The predicted molar refractivity (Wildman–Crippen MR) is 31.9 cm³/mol. The molecule has 0 aromatic heterocycles. The molecule has 1 aliphatic rings. The first-order valence-electron chi connectivity index (χ1n) is 2.61. The molecule has 1 aliphatic heterocycles. The van der Waals surface area contributed by atoms with Gasteiger partial charge >= 0.3 is 6.09 Å². The molecular formula is C5H8N2O2. The van der Waals surface area contributed by atoms with Gasteiger partial charge in [0.2, 0.25) is 0 Å². The lowest BCUT2D eigenvalue weighted by molar-refractivity contribution is 0.139. The monoisotopic (exact) mass is 128 g/mol. The van der Waals surface area contributed by atoms with Gasteiger partial charge in [0.1, 0.15) is 0 Å². The van der Waals surface area contributed by atoms with Gasteiger partial charge in [-0.25, -0.2) is 15.2 Å². The molecule has 0 saturated carbocycles. The highest BCUT2D eigenvalue weighted by atomic mass is 16.4. The van der Waals surface area contributed by atoms with Crippen LogP contribution in [0.15, 0.2) is 12.2 Å². The number of carboxylic acid groups (broad SMARTS) is 1. The van der Waals surface area contributed by atoms with E-state index in [9.17, 15) is 4.79 Å². The molecule has 0 atom stereocenters. The highest BCUT2D eigenvalue weighted by Crippen LogP contribution is 2.00. The highest BCUT2D eigenvalue weighted by molar-refractivity contribution is 5.65. The Hall–Kier alpha value is -1.03. The first-order valence-corrected chi connectivity index (χ1v) is 2.61. The zero-order chi connectivity index (χ0) is 6.85. The third kappa shape index (κ3) is 1.20. The minimum absolute atomic E-state index is 0.412. The van der Waals surface area contributed by atoms with E-state index in [1.54, 1.807) is 0 Å². The van der Waals surface area contributed by atoms with Crippen molar-refractivity contribution in [2.24, 2.45) is 0 Å². The van der Waals surface area contributed by atoms with Gasteiger partial charge in [-0.15, -0.1) is 0 Å². The largest absolute Gasteiger partial charge is 0.464 e. The molecule has 9 heavy (non-hydrogen) atoms. The maximum atomic E-state index is 10.2. The normalized spacial score (nSPS) is 18.7. The molecule has 2 N–H and O–H groups in total. The van der Waals surface area contributed by atoms with E-state index < -0.39 is 6.09 Å². The summed E-state index contributed by atoms with van der Waals surface area (Å²) in [5, 5.41) is 9.47. The van der Waals surface area contributed by atoms with E-state index in [4.69, 9.17) is 5.11 Å². The van der Waals surface area contributed by atoms with Crippen molar-refractivity contribution in [2.45, 2.75) is 0 Å². The average Bonchev–Trinajstić information content (AvgIpc) is 2.14. The van der Waals surface area contributed by atoms with Crippen LogP contribution < -0.4 is 5.43 Å². The fourth-order valence-electron chi connectivity index (χ4n) is 0.678. The second-order valence-electron chi connectivity index (χ2n) is 1.95. The van der Waals surface area contributed by atoms with Crippen LogP contribution in [-0.4, -0.2) is 29.3 Å². The Morgan fingerprint density at radius 1 is 1.89 bits per heavy atom. The molecule has 0 aromatic carbocycles. The summed E-state index contributed by atoms with van der Waals surface area (Å²) in [7, 11) is 0. The summed E-state index contributed by atoms with van der Waals surface area (Å²) in [6.07, 6.45) is -0.950. The van der Waals surface area contributed by atoms with E-state index in [1.165, 1.54) is 0 Å². The smallest absolute Gasteiger partial charge is 0.422 e. The van der Waals surface area contributed by atoms with Crippen LogP contribution in [0, 0.1) is 0 Å². The van der Waals surface area contributed by atoms with Crippen molar-refractivity contribution in [3.63, 3.8) is 0 Å². The van der Waals surface area contributed by atoms with Gasteiger partial charge in [-0.05, 0) is 5.57 Å². The zero-order valence-electron chi connectivity index (χ0n) is 4.92. The van der Waals surface area contributed by atoms with Crippen LogP contribution in [0.1, 0.15) is 0 Å². The maximum Gasteiger partial charge on any atom is 0.422 e. The summed E-state index contributed by atoms with van der Waals surface area (Å²) in [5.74, 6) is 0. The highest BCUT2D eigenvalue weighted by Gasteiger charge is 2.17. The number of amides is 1. The Morgan fingerprint density at radius 3 is 2.78 bits per heavy atom. The lowest BCUT2D eigenvalue weighted by atomic mass is 10.3. The number of nitrogens with zero attached hydrogens (tertiary/aromatic N) is 1. The van der Waals surface area contributed by atoms with Crippen molar-refractivity contribution in [2.75, 3.05) is 13.1 Å². The average molecular weight is 128 g/mol. The number of hydrogen-bond donors (Lipinski definition) is 2. The standard InChI is InChI=1S/C5H8N2O2/c1-4-2-6-7(3-4)5(8)9/h6H,1-3H2,(H,8,9). The van der Waals surface area contributed by atoms with Crippen molar-refractivity contribution in [1.29, 1.82) is 0 Å². The molecular weight excluding hydrogens is 120 g/mol. The van der Waals surface area contributed by atoms with Gasteiger partial charge < -0.3 is 5.11 Å². The van der Waals surface area contributed by atoms with Crippen molar-refractivity contribution in [1.82, 2.24) is 10.4 Å². The number of hydrazine groups is 1. The van der Waals surface area contributed by atoms with E-state index in [1.807, 2.05) is 0 Å². The lowest BCUT2D eigenvalue weighted by Gasteiger charge is -2.08. The van der Waals surface area contributed by atoms with Gasteiger partial charge in [0, 0.05) is 6.54 Å². The summed E-state index contributed by atoms with van der Waals surface area (Å²) >= 11 is 0. The van der Waals surface area contributed by atoms with Crippen LogP contribution in [0.4, 0.5) is 4.79 Å². The molecule has 0 bridgehead atoms. The number of rotatable bonds is 0. The van der Waals surface area contributed by atoms with E-state index >= 15 is 0 Å². The van der Waals surface area contributed by atoms with Crippen molar-refractivity contribution in [3.05, 3.63) is 12.2 Å². The Bertz CT molecular complexity index is 155. The van der Waals surface area contributed by atoms with Gasteiger partial charge in [-0.1, -0.05) is 6.58 Å². The maximum absolute atomic E-state index is 10.2. The molecule has 0 aromatic rings. The summed E-state index contributed by atoms with van der Waals surface area (Å²) in [6.45, 7) is 4.61. The third-order valence-electron chi connectivity index (χ3n) is 1.13. The lowest BCUT2D eigenvalue weighted by Crippen LogP contribution is -2.35. The second-order valence-corrected chi connectivity index (χ2v) is 1.95. The molecule has 0 radical (unpaired) electrons. The molecule has 0 aliphatic carbocycles. The summed E-state index contributed by atoms with van der Waals surface area (Å²) < 4.78 is 0. The van der Waals surface area contributed by atoms with E-state index in [-0.39, 0.29) is 0 Å². The van der Waals surface area contributed by atoms with Crippen molar-refractivity contribution < 1.29 is 9.90 Å². The minimum atomic E-state index is -0.950. The summed E-state index contributed by atoms with van der Waals surface area (Å²) in [6, 6.07) is 0. The van der Waals surface area contributed by atoms with Crippen molar-refractivity contribution >= 4 is 6.09 Å². The van der Waals surface area contributed by atoms with Crippen LogP contribution in [-0.2, 0) is 0 Å². The minimum Gasteiger partial charge on any atom is -0.464 e. The Kier molecular flexibility index (Phi) is 1.40. The molecule has 50 valence electrons. The first-order chi connectivity index (χ1) is 4.20. The fraction of sp³-hybridized carbons (Fsp3) is 0.400. The zero-order valence-corrected chi connectivity index (χ0v) is 4.92. The van der Waals surface area contributed by atoms with Gasteiger partial charge in [0.05, 0.1) is 6.54 Å². The van der Waals surface area contributed by atoms with Crippen LogP contribution in [0.2, 0.25) is 0 Å². The van der Waals surface area contributed by atoms with Crippen LogP contribution >= 0.6 is 0 Å². The van der Waals surface area contributed by atoms with Gasteiger partial charge in [-0.3, -0.25) is 0 Å². The predicted octanol–water partition coefficient (Wildman–Crippen LogP) is 0.0408. The molecule has 4 heteroatoms. The molecule has 0 spiro atoms. The van der Waals surface area contributed by atoms with E-state index in [0.717, 1.165) is 10.6 Å². The van der Waals surface area contributed by atoms with Gasteiger partial charge in [0.15, 0.2) is 0 Å². The molecule has 1 fully saturated rings. The van der Waals surface area contributed by atoms with E-state index in [2.05, 4.69) is 12.0 Å². The quantitative estimate of drug-likeness (QED) is 0.453. The van der Waals surface area contributed by atoms with Crippen molar-refractivity contribution in [3.8, 4) is 0 Å². The molecule has 0 unspecified atom stereocenters. The van der Waals surface area contributed by atoms with Gasteiger partial charge in [-0.2, -0.15) is 0 Å². The molecule has 4 nitrogen and oxygen atoms in total. The van der Waals surface area contributed by atoms with Crippen LogP contribution in [0.5, 0.6) is 0 Å². The molecule has 1 saturated heterocycles. The van der Waals surface area contributed by atoms with Crippen LogP contribution in [0.3, 0.4) is 0 Å². The topological polar surface area (TPSA) is 52.6 Å². The number of carbonyl (C=O) groups is 1.